The third kappa shape index (κ3) is 2.95. The quantitative estimate of drug-likeness (QED) is 0.908. The first-order valence-corrected chi connectivity index (χ1v) is 7.94. The summed E-state index contributed by atoms with van der Waals surface area (Å²) >= 11 is 0. The molecule has 0 aromatic heterocycles. The van der Waals surface area contributed by atoms with Crippen LogP contribution in [-0.2, 0) is 0 Å². The second-order valence-corrected chi connectivity index (χ2v) is 6.27. The van der Waals surface area contributed by atoms with Crippen LogP contribution in [0.2, 0.25) is 0 Å². The molecule has 2 saturated heterocycles. The zero-order chi connectivity index (χ0) is 14.8. The highest BCUT2D eigenvalue weighted by atomic mass is 19.1. The zero-order valence-corrected chi connectivity index (χ0v) is 12.6. The lowest BCUT2D eigenvalue weighted by Crippen LogP contribution is -2.45. The molecular formula is C17H23FN2O. The normalized spacial score (nSPS) is 26.1. The lowest BCUT2D eigenvalue weighted by Gasteiger charge is -2.34. The summed E-state index contributed by atoms with van der Waals surface area (Å²) in [4.78, 5) is 14.8. The van der Waals surface area contributed by atoms with E-state index in [0.717, 1.165) is 38.0 Å². The third-order valence-corrected chi connectivity index (χ3v) is 4.87. The number of carbonyl (C=O) groups excluding carboxylic acids is 1. The Morgan fingerprint density at radius 2 is 2.19 bits per heavy atom. The van der Waals surface area contributed by atoms with Gasteiger partial charge in [-0.05, 0) is 69.3 Å². The van der Waals surface area contributed by atoms with Crippen LogP contribution in [-0.4, -0.2) is 36.5 Å². The van der Waals surface area contributed by atoms with Gasteiger partial charge in [-0.3, -0.25) is 4.79 Å². The van der Waals surface area contributed by atoms with E-state index in [9.17, 15) is 9.18 Å². The molecule has 2 atom stereocenters. The minimum absolute atomic E-state index is 0.0000680. The molecule has 2 fully saturated rings. The molecule has 2 aliphatic rings. The number of rotatable bonds is 2. The lowest BCUT2D eigenvalue weighted by molar-refractivity contribution is 0.0669. The van der Waals surface area contributed by atoms with Crippen molar-refractivity contribution in [3.05, 3.63) is 35.1 Å². The minimum atomic E-state index is -0.334. The summed E-state index contributed by atoms with van der Waals surface area (Å²) in [5, 5.41) is 3.43. The molecule has 114 valence electrons. The van der Waals surface area contributed by atoms with Crippen LogP contribution in [0.5, 0.6) is 0 Å². The average molecular weight is 290 g/mol. The van der Waals surface area contributed by atoms with Crippen molar-refractivity contribution in [1.82, 2.24) is 10.2 Å². The number of carbonyl (C=O) groups is 1. The highest BCUT2D eigenvalue weighted by molar-refractivity contribution is 5.96. The summed E-state index contributed by atoms with van der Waals surface area (Å²) in [6.45, 7) is 4.76. The number of benzene rings is 1. The molecule has 2 aliphatic heterocycles. The number of nitrogens with zero attached hydrogens (tertiary/aromatic N) is 1. The molecule has 2 unspecified atom stereocenters. The number of piperidine rings is 1. The SMILES string of the molecule is Cc1ccc(F)cc1C(=O)N1CCCC1C1CCCNC1. The van der Waals surface area contributed by atoms with Gasteiger partial charge in [0.2, 0.25) is 0 Å². The first-order valence-electron chi connectivity index (χ1n) is 7.94. The van der Waals surface area contributed by atoms with Gasteiger partial charge in [-0.15, -0.1) is 0 Å². The first kappa shape index (κ1) is 14.5. The molecule has 1 aromatic rings. The Labute approximate surface area is 125 Å². The Morgan fingerprint density at radius 1 is 1.33 bits per heavy atom. The van der Waals surface area contributed by atoms with E-state index < -0.39 is 0 Å². The molecule has 0 bridgehead atoms. The van der Waals surface area contributed by atoms with Crippen LogP contribution < -0.4 is 5.32 Å². The van der Waals surface area contributed by atoms with Crippen molar-refractivity contribution in [3.63, 3.8) is 0 Å². The van der Waals surface area contributed by atoms with Crippen LogP contribution in [0.15, 0.2) is 18.2 Å². The van der Waals surface area contributed by atoms with E-state index in [0.29, 0.717) is 17.5 Å². The maximum Gasteiger partial charge on any atom is 0.254 e. The first-order chi connectivity index (χ1) is 10.2. The van der Waals surface area contributed by atoms with Crippen molar-refractivity contribution in [2.45, 2.75) is 38.6 Å². The van der Waals surface area contributed by atoms with Crippen molar-refractivity contribution in [2.24, 2.45) is 5.92 Å². The van der Waals surface area contributed by atoms with Crippen LogP contribution in [0.3, 0.4) is 0 Å². The van der Waals surface area contributed by atoms with Gasteiger partial charge in [0.25, 0.3) is 5.91 Å². The van der Waals surface area contributed by atoms with Gasteiger partial charge in [-0.2, -0.15) is 0 Å². The van der Waals surface area contributed by atoms with Crippen molar-refractivity contribution < 1.29 is 9.18 Å². The number of amides is 1. The molecule has 3 rings (SSSR count). The summed E-state index contributed by atoms with van der Waals surface area (Å²) in [6, 6.07) is 4.80. The van der Waals surface area contributed by atoms with Crippen molar-refractivity contribution in [1.29, 1.82) is 0 Å². The Morgan fingerprint density at radius 3 is 2.95 bits per heavy atom. The summed E-state index contributed by atoms with van der Waals surface area (Å²) in [7, 11) is 0. The summed E-state index contributed by atoms with van der Waals surface area (Å²) in [5.41, 5.74) is 1.37. The fraction of sp³-hybridized carbons (Fsp3) is 0.588. The molecule has 1 aromatic carbocycles. The zero-order valence-electron chi connectivity index (χ0n) is 12.6. The predicted octanol–water partition coefficient (Wildman–Crippen LogP) is 2.74. The molecular weight excluding hydrogens is 267 g/mol. The second-order valence-electron chi connectivity index (χ2n) is 6.27. The topological polar surface area (TPSA) is 32.3 Å². The monoisotopic (exact) mass is 290 g/mol. The van der Waals surface area contributed by atoms with Gasteiger partial charge in [-0.25, -0.2) is 4.39 Å². The highest BCUT2D eigenvalue weighted by Crippen LogP contribution is 2.30. The van der Waals surface area contributed by atoms with Gasteiger partial charge in [0.05, 0.1) is 0 Å². The fourth-order valence-electron chi connectivity index (χ4n) is 3.72. The van der Waals surface area contributed by atoms with E-state index in [1.54, 1.807) is 6.07 Å². The fourth-order valence-corrected chi connectivity index (χ4v) is 3.72. The molecule has 0 spiro atoms. The van der Waals surface area contributed by atoms with Gasteiger partial charge < -0.3 is 10.2 Å². The van der Waals surface area contributed by atoms with Gasteiger partial charge in [0.15, 0.2) is 0 Å². The van der Waals surface area contributed by atoms with E-state index >= 15 is 0 Å². The van der Waals surface area contributed by atoms with Gasteiger partial charge >= 0.3 is 0 Å². The standard InChI is InChI=1S/C17H23FN2O/c1-12-6-7-14(18)10-15(12)17(21)20-9-3-5-16(20)13-4-2-8-19-11-13/h6-7,10,13,16,19H,2-5,8-9,11H2,1H3. The molecule has 0 saturated carbocycles. The summed E-state index contributed by atoms with van der Waals surface area (Å²) < 4.78 is 13.5. The molecule has 0 radical (unpaired) electrons. The number of nitrogens with one attached hydrogen (secondary N) is 1. The summed E-state index contributed by atoms with van der Waals surface area (Å²) in [5.74, 6) is 0.207. The van der Waals surface area contributed by atoms with Crippen LogP contribution in [0, 0.1) is 18.7 Å². The van der Waals surface area contributed by atoms with E-state index in [1.807, 2.05) is 11.8 Å². The molecule has 0 aliphatic carbocycles. The van der Waals surface area contributed by atoms with Crippen molar-refractivity contribution in [2.75, 3.05) is 19.6 Å². The van der Waals surface area contributed by atoms with E-state index in [1.165, 1.54) is 25.0 Å². The largest absolute Gasteiger partial charge is 0.335 e. The van der Waals surface area contributed by atoms with Crippen LogP contribution in [0.1, 0.15) is 41.6 Å². The van der Waals surface area contributed by atoms with Gasteiger partial charge in [0, 0.05) is 18.2 Å². The molecule has 3 nitrogen and oxygen atoms in total. The van der Waals surface area contributed by atoms with Crippen LogP contribution >= 0.6 is 0 Å². The molecule has 21 heavy (non-hydrogen) atoms. The Balaban J connectivity index is 1.80. The second kappa shape index (κ2) is 6.14. The lowest BCUT2D eigenvalue weighted by atomic mass is 9.90. The Kier molecular flexibility index (Phi) is 4.24. The van der Waals surface area contributed by atoms with E-state index in [4.69, 9.17) is 0 Å². The van der Waals surface area contributed by atoms with Crippen LogP contribution in [0.4, 0.5) is 4.39 Å². The van der Waals surface area contributed by atoms with Gasteiger partial charge in [-0.1, -0.05) is 6.07 Å². The summed E-state index contributed by atoms with van der Waals surface area (Å²) in [6.07, 6.45) is 4.50. The van der Waals surface area contributed by atoms with Crippen molar-refractivity contribution >= 4 is 5.91 Å². The highest BCUT2D eigenvalue weighted by Gasteiger charge is 2.35. The number of halogens is 1. The maximum absolute atomic E-state index is 13.5. The van der Waals surface area contributed by atoms with Crippen LogP contribution in [0.25, 0.3) is 0 Å². The third-order valence-electron chi connectivity index (χ3n) is 4.87. The molecule has 1 amide bonds. The number of likely N-dealkylation sites (tertiary alicyclic amines) is 1. The number of hydrogen-bond donors (Lipinski definition) is 1. The predicted molar refractivity (Wildman–Crippen MR) is 80.8 cm³/mol. The van der Waals surface area contributed by atoms with E-state index in [2.05, 4.69) is 5.32 Å². The Hall–Kier alpha value is -1.42. The van der Waals surface area contributed by atoms with Gasteiger partial charge in [0.1, 0.15) is 5.82 Å². The average Bonchev–Trinajstić information content (AvgIpc) is 2.99. The van der Waals surface area contributed by atoms with Crippen molar-refractivity contribution in [3.8, 4) is 0 Å². The molecule has 2 heterocycles. The number of hydrogen-bond acceptors (Lipinski definition) is 2. The molecule has 4 heteroatoms. The minimum Gasteiger partial charge on any atom is -0.335 e. The van der Waals surface area contributed by atoms with E-state index in [-0.39, 0.29) is 11.7 Å². The Bertz CT molecular complexity index is 526. The maximum atomic E-state index is 13.5. The number of aryl methyl sites for hydroxylation is 1. The molecule has 1 N–H and O–H groups in total. The smallest absolute Gasteiger partial charge is 0.254 e.